The summed E-state index contributed by atoms with van der Waals surface area (Å²) >= 11 is 0. The molecule has 0 aromatic rings. The summed E-state index contributed by atoms with van der Waals surface area (Å²) < 4.78 is 0. The van der Waals surface area contributed by atoms with Crippen LogP contribution in [0.5, 0.6) is 0 Å². The molecule has 0 spiro atoms. The van der Waals surface area contributed by atoms with Crippen LogP contribution in [0.4, 0.5) is 0 Å². The summed E-state index contributed by atoms with van der Waals surface area (Å²) in [4.78, 5) is 0. The van der Waals surface area contributed by atoms with Gasteiger partial charge in [0, 0.05) is 32.7 Å². The molecule has 0 rings (SSSR count). The monoisotopic (exact) mass is 276 g/mol. The Bertz CT molecular complexity index is 14.4. The van der Waals surface area contributed by atoms with E-state index in [0.29, 0.717) is 0 Å². The Balaban J connectivity index is -0.0000000286. The molecule has 0 aliphatic carbocycles. The van der Waals surface area contributed by atoms with Gasteiger partial charge < -0.3 is 20.8 Å². The smallest absolute Gasteiger partial charge is 0.346 e. The summed E-state index contributed by atoms with van der Waals surface area (Å²) in [6.45, 7) is 12.2. The summed E-state index contributed by atoms with van der Waals surface area (Å²) in [5.74, 6) is 0. The van der Waals surface area contributed by atoms with Crippen LogP contribution in [0.25, 0.3) is 0 Å². The van der Waals surface area contributed by atoms with E-state index < -0.39 is 0 Å². The molecular formula is C7H14Y2. The minimum atomic E-state index is 0. The van der Waals surface area contributed by atoms with E-state index in [4.69, 9.17) is 0 Å². The molecule has 0 bridgehead atoms. The van der Waals surface area contributed by atoms with Crippen LogP contribution in [0.3, 0.4) is 0 Å². The van der Waals surface area contributed by atoms with Gasteiger partial charge in [-0.3, -0.25) is 0 Å². The van der Waals surface area contributed by atoms with Crippen LogP contribution in [0.15, 0.2) is 0 Å². The molecule has 2 heteroatoms. The van der Waals surface area contributed by atoms with Gasteiger partial charge in [0.15, 0.2) is 0 Å². The van der Waals surface area contributed by atoms with Crippen molar-refractivity contribution in [3.63, 3.8) is 0 Å². The first-order valence-electron chi connectivity index (χ1n) is 2.52. The Kier molecular flexibility index (Phi) is 79.7. The summed E-state index contributed by atoms with van der Waals surface area (Å²) in [5.41, 5.74) is 0. The van der Waals surface area contributed by atoms with Crippen molar-refractivity contribution >= 4 is 0 Å². The zero-order valence-electron chi connectivity index (χ0n) is 6.27. The molecule has 9 heavy (non-hydrogen) atoms. The van der Waals surface area contributed by atoms with E-state index in [1.165, 1.54) is 0 Å². The van der Waals surface area contributed by atoms with Crippen LogP contribution in [0.1, 0.15) is 19.8 Å². The molecule has 0 heterocycles. The molecule has 0 saturated carbocycles. The number of hydrogen-bond acceptors (Lipinski definition) is 0. The van der Waals surface area contributed by atoms with E-state index in [9.17, 15) is 0 Å². The molecule has 0 saturated heterocycles. The molecule has 0 unspecified atom stereocenters. The van der Waals surface area contributed by atoms with Gasteiger partial charge in [-0.1, -0.05) is 6.42 Å². The third-order valence-electron chi connectivity index (χ3n) is 0.408. The Morgan fingerprint density at radius 1 is 1.11 bits per heavy atom. The molecule has 0 fully saturated rings. The van der Waals surface area contributed by atoms with Crippen LogP contribution in [-0.4, -0.2) is 0 Å². The van der Waals surface area contributed by atoms with Crippen LogP contribution >= 0.6 is 0 Å². The number of hydrogen-bond donors (Lipinski definition) is 0. The van der Waals surface area contributed by atoms with Crippen LogP contribution in [0.2, 0.25) is 0 Å². The van der Waals surface area contributed by atoms with E-state index in [2.05, 4.69) is 20.8 Å². The van der Waals surface area contributed by atoms with Crippen molar-refractivity contribution in [1.82, 2.24) is 0 Å². The van der Waals surface area contributed by atoms with Gasteiger partial charge in [0.1, 0.15) is 0 Å². The molecule has 0 aliphatic heterocycles. The van der Waals surface area contributed by atoms with Crippen molar-refractivity contribution in [2.45, 2.75) is 19.8 Å². The van der Waals surface area contributed by atoms with Gasteiger partial charge in [-0.2, -0.15) is 19.8 Å². The third-order valence-corrected chi connectivity index (χ3v) is 0.408. The van der Waals surface area contributed by atoms with Crippen molar-refractivity contribution < 1.29 is 65.4 Å². The van der Waals surface area contributed by atoms with Gasteiger partial charge in [-0.25, -0.2) is 0 Å². The average Bonchev–Trinajstić information content (AvgIpc) is 1.75. The van der Waals surface area contributed by atoms with Gasteiger partial charge in [0.25, 0.3) is 0 Å². The molecule has 0 aromatic carbocycles. The molecule has 0 N–H and O–H groups in total. The van der Waals surface area contributed by atoms with Crippen LogP contribution in [0, 0.1) is 27.2 Å². The maximum atomic E-state index is 3.58. The van der Waals surface area contributed by atoms with E-state index >= 15 is 0 Å². The Hall–Kier alpha value is 2.21. The minimum Gasteiger partial charge on any atom is -0.346 e. The Morgan fingerprint density at radius 2 is 1.33 bits per heavy atom. The van der Waals surface area contributed by atoms with Crippen molar-refractivity contribution in [3.8, 4) is 0 Å². The topological polar surface area (TPSA) is 0 Å². The molecule has 0 aliphatic rings. The molecule has 48 valence electrons. The van der Waals surface area contributed by atoms with Crippen molar-refractivity contribution in [2.24, 2.45) is 0 Å². The average molecular weight is 276 g/mol. The predicted octanol–water partition coefficient (Wildman–Crippen LogP) is 2.47. The second-order valence-corrected chi connectivity index (χ2v) is 0.866. The van der Waals surface area contributed by atoms with Crippen LogP contribution < -0.4 is 0 Å². The summed E-state index contributed by atoms with van der Waals surface area (Å²) in [7, 11) is 0. The zero-order valence-corrected chi connectivity index (χ0v) is 11.9. The fraction of sp³-hybridized carbons (Fsp3) is 0.429. The molecule has 0 nitrogen and oxygen atoms in total. The van der Waals surface area contributed by atoms with Crippen LogP contribution in [-0.2, 0) is 65.4 Å². The second-order valence-electron chi connectivity index (χ2n) is 0.866. The quantitative estimate of drug-likeness (QED) is 0.680. The Labute approximate surface area is 111 Å². The van der Waals surface area contributed by atoms with Gasteiger partial charge in [0.2, 0.25) is 0 Å². The fourth-order valence-corrected chi connectivity index (χ4v) is 0.144. The third kappa shape index (κ3) is 38.8. The predicted molar refractivity (Wildman–Crippen MR) is 35.3 cm³/mol. The van der Waals surface area contributed by atoms with Gasteiger partial charge in [-0.05, 0) is 0 Å². The van der Waals surface area contributed by atoms with E-state index in [0.717, 1.165) is 12.8 Å². The summed E-state index contributed by atoms with van der Waals surface area (Å²) in [6.07, 6.45) is 3.84. The van der Waals surface area contributed by atoms with Gasteiger partial charge in [0.05, 0.1) is 0 Å². The largest absolute Gasteiger partial charge is 3.00 e. The maximum absolute atomic E-state index is 3.58. The second kappa shape index (κ2) is 31.9. The van der Waals surface area contributed by atoms with E-state index in [1.807, 2.05) is 6.42 Å². The first-order valence-corrected chi connectivity index (χ1v) is 2.52. The molecule has 0 aromatic heterocycles. The molecule has 0 atom stereocenters. The SMILES string of the molecule is [CH2-]C.[CH2-]C[CH]C[CH2-].[Y+3].[Y]. The zero-order chi connectivity index (χ0) is 6.12. The van der Waals surface area contributed by atoms with Crippen molar-refractivity contribution in [2.75, 3.05) is 0 Å². The van der Waals surface area contributed by atoms with Crippen molar-refractivity contribution in [1.29, 1.82) is 0 Å². The Morgan fingerprint density at radius 3 is 1.33 bits per heavy atom. The first-order chi connectivity index (χ1) is 3.41. The minimum absolute atomic E-state index is 0. The van der Waals surface area contributed by atoms with E-state index in [1.54, 1.807) is 6.92 Å². The fourth-order valence-electron chi connectivity index (χ4n) is 0.144. The number of rotatable bonds is 2. The van der Waals surface area contributed by atoms with Crippen molar-refractivity contribution in [3.05, 3.63) is 27.2 Å². The molecule has 2 radical (unpaired) electrons. The summed E-state index contributed by atoms with van der Waals surface area (Å²) in [5, 5.41) is 0. The summed E-state index contributed by atoms with van der Waals surface area (Å²) in [6, 6.07) is 0. The molecular weight excluding hydrogens is 262 g/mol. The normalized spacial score (nSPS) is 5.33. The van der Waals surface area contributed by atoms with E-state index in [-0.39, 0.29) is 65.4 Å². The van der Waals surface area contributed by atoms with Gasteiger partial charge in [-0.15, -0.1) is 0 Å². The standard InChI is InChI=1S/C5H9.C2H5.2Y/c1-3-5-4-2;1-2;;/h5H,1-4H2;1H2,2H3;;/q-2;-1;;+3. The maximum Gasteiger partial charge on any atom is 3.00 e. The number of unbranched alkanes of at least 4 members (excludes halogenated alkanes) is 2. The van der Waals surface area contributed by atoms with Gasteiger partial charge >= 0.3 is 32.7 Å². The molecule has 0 amide bonds. The first kappa shape index (κ1) is 22.5.